The second-order valence-corrected chi connectivity index (χ2v) is 7.51. The summed E-state index contributed by atoms with van der Waals surface area (Å²) in [6.45, 7) is 0.211. The van der Waals surface area contributed by atoms with Crippen molar-refractivity contribution in [1.29, 1.82) is 5.26 Å². The molecule has 1 aromatic heterocycles. The van der Waals surface area contributed by atoms with E-state index in [0.717, 1.165) is 12.1 Å². The van der Waals surface area contributed by atoms with Crippen LogP contribution in [0.2, 0.25) is 0 Å². The van der Waals surface area contributed by atoms with Crippen molar-refractivity contribution in [3.8, 4) is 23.3 Å². The Morgan fingerprint density at radius 3 is 2.56 bits per heavy atom. The standard InChI is InChI=1S/C23H16F2N4O3/c24-16-6-7-17(25)22-20(16)19-15(11-31-22)21(19)29-23(30)28-18-8-5-14(10-27-18)32-13-3-1-12(9-26)2-4-13/h1-8,10,15,19,21H,11H2,(H2,27,28,29,30). The predicted molar refractivity (Wildman–Crippen MR) is 109 cm³/mol. The van der Waals surface area contributed by atoms with Gasteiger partial charge in [-0.1, -0.05) is 0 Å². The molecule has 1 aliphatic carbocycles. The summed E-state index contributed by atoms with van der Waals surface area (Å²) in [6, 6.07) is 13.1. The first-order valence-corrected chi connectivity index (χ1v) is 9.86. The average molecular weight is 434 g/mol. The number of rotatable bonds is 4. The number of nitriles is 1. The minimum atomic E-state index is -0.609. The fourth-order valence-corrected chi connectivity index (χ4v) is 3.91. The molecule has 2 heterocycles. The summed E-state index contributed by atoms with van der Waals surface area (Å²) in [4.78, 5) is 16.5. The number of aromatic nitrogens is 1. The van der Waals surface area contributed by atoms with E-state index in [4.69, 9.17) is 14.7 Å². The SMILES string of the molecule is N#Cc1ccc(Oc2ccc(NC(=O)NC3C4COc5c(F)ccc(F)c5C43)nc2)cc1. The van der Waals surface area contributed by atoms with Gasteiger partial charge in [0.15, 0.2) is 11.6 Å². The number of pyridine rings is 1. The van der Waals surface area contributed by atoms with Crippen LogP contribution in [-0.4, -0.2) is 23.7 Å². The van der Waals surface area contributed by atoms with Gasteiger partial charge in [-0.15, -0.1) is 0 Å². The summed E-state index contributed by atoms with van der Waals surface area (Å²) in [5.74, 6) is -0.352. The summed E-state index contributed by atoms with van der Waals surface area (Å²) < 4.78 is 39.1. The Hall–Kier alpha value is -4.19. The third kappa shape index (κ3) is 3.67. The molecule has 9 heteroatoms. The highest BCUT2D eigenvalue weighted by Gasteiger charge is 2.57. The van der Waals surface area contributed by atoms with E-state index in [1.165, 1.54) is 6.20 Å². The van der Waals surface area contributed by atoms with E-state index >= 15 is 0 Å². The summed E-state index contributed by atoms with van der Waals surface area (Å²) >= 11 is 0. The summed E-state index contributed by atoms with van der Waals surface area (Å²) in [5, 5.41) is 14.2. The number of anilines is 1. The van der Waals surface area contributed by atoms with Gasteiger partial charge in [-0.2, -0.15) is 5.26 Å². The van der Waals surface area contributed by atoms with Crippen LogP contribution in [0.25, 0.3) is 0 Å². The molecule has 7 nitrogen and oxygen atoms in total. The third-order valence-electron chi connectivity index (χ3n) is 5.51. The van der Waals surface area contributed by atoms with Crippen LogP contribution >= 0.6 is 0 Å². The first-order valence-electron chi connectivity index (χ1n) is 9.86. The highest BCUT2D eigenvalue weighted by Crippen LogP contribution is 2.55. The molecular formula is C23H16F2N4O3. The van der Waals surface area contributed by atoms with Gasteiger partial charge in [-0.05, 0) is 48.5 Å². The zero-order valence-corrected chi connectivity index (χ0v) is 16.5. The molecule has 1 fully saturated rings. The fourth-order valence-electron chi connectivity index (χ4n) is 3.91. The number of benzene rings is 2. The maximum atomic E-state index is 14.2. The fraction of sp³-hybridized carbons (Fsp3) is 0.174. The van der Waals surface area contributed by atoms with Gasteiger partial charge in [0.25, 0.3) is 0 Å². The van der Waals surface area contributed by atoms with Crippen molar-refractivity contribution in [1.82, 2.24) is 10.3 Å². The smallest absolute Gasteiger partial charge is 0.320 e. The maximum absolute atomic E-state index is 14.2. The molecule has 0 saturated heterocycles. The number of hydrogen-bond acceptors (Lipinski definition) is 5. The first-order chi connectivity index (χ1) is 15.5. The van der Waals surface area contributed by atoms with Gasteiger partial charge in [-0.3, -0.25) is 5.32 Å². The zero-order chi connectivity index (χ0) is 22.2. The van der Waals surface area contributed by atoms with E-state index in [-0.39, 0.29) is 35.8 Å². The second-order valence-electron chi connectivity index (χ2n) is 7.51. The minimum absolute atomic E-state index is 0.0736. The number of carbonyl (C=O) groups is 1. The largest absolute Gasteiger partial charge is 0.490 e. The van der Waals surface area contributed by atoms with Crippen molar-refractivity contribution < 1.29 is 23.0 Å². The highest BCUT2D eigenvalue weighted by atomic mass is 19.1. The Labute approximate surface area is 181 Å². The second kappa shape index (κ2) is 7.81. The Morgan fingerprint density at radius 1 is 1.09 bits per heavy atom. The lowest BCUT2D eigenvalue weighted by molar-refractivity contribution is 0.247. The van der Waals surface area contributed by atoms with Crippen LogP contribution < -0.4 is 20.1 Å². The number of hydrogen-bond donors (Lipinski definition) is 2. The van der Waals surface area contributed by atoms with E-state index in [0.29, 0.717) is 22.9 Å². The van der Waals surface area contributed by atoms with Crippen LogP contribution in [0.3, 0.4) is 0 Å². The van der Waals surface area contributed by atoms with Gasteiger partial charge in [0, 0.05) is 23.4 Å². The summed E-state index contributed by atoms with van der Waals surface area (Å²) in [6.07, 6.45) is 1.45. The number of nitrogens with one attached hydrogen (secondary N) is 2. The molecule has 1 saturated carbocycles. The number of ether oxygens (including phenoxy) is 2. The Bertz CT molecular complexity index is 1230. The van der Waals surface area contributed by atoms with Gasteiger partial charge in [-0.25, -0.2) is 18.6 Å². The van der Waals surface area contributed by atoms with Crippen LogP contribution in [0.1, 0.15) is 17.0 Å². The molecule has 5 rings (SSSR count). The van der Waals surface area contributed by atoms with Gasteiger partial charge < -0.3 is 14.8 Å². The van der Waals surface area contributed by atoms with Crippen LogP contribution in [-0.2, 0) is 0 Å². The zero-order valence-electron chi connectivity index (χ0n) is 16.5. The Kier molecular flexibility index (Phi) is 4.82. The summed E-state index contributed by atoms with van der Waals surface area (Å²) in [7, 11) is 0. The molecule has 3 aromatic rings. The van der Waals surface area contributed by atoms with Gasteiger partial charge in [0.2, 0.25) is 0 Å². The molecule has 2 amide bonds. The van der Waals surface area contributed by atoms with Crippen molar-refractivity contribution in [2.45, 2.75) is 12.0 Å². The van der Waals surface area contributed by atoms with Crippen LogP contribution in [0, 0.1) is 28.9 Å². The Balaban J connectivity index is 1.19. The van der Waals surface area contributed by atoms with Crippen molar-refractivity contribution in [3.05, 3.63) is 77.5 Å². The number of nitrogens with zero attached hydrogens (tertiary/aromatic N) is 2. The van der Waals surface area contributed by atoms with Crippen molar-refractivity contribution in [2.24, 2.45) is 5.92 Å². The van der Waals surface area contributed by atoms with Crippen LogP contribution in [0.15, 0.2) is 54.7 Å². The third-order valence-corrected chi connectivity index (χ3v) is 5.51. The van der Waals surface area contributed by atoms with E-state index in [9.17, 15) is 13.6 Å². The van der Waals surface area contributed by atoms with E-state index in [1.54, 1.807) is 36.4 Å². The first kappa shape index (κ1) is 19.8. The van der Waals surface area contributed by atoms with Gasteiger partial charge in [0.05, 0.1) is 24.4 Å². The normalized spacial score (nSPS) is 20.1. The molecular weight excluding hydrogens is 418 g/mol. The van der Waals surface area contributed by atoms with E-state index in [2.05, 4.69) is 15.6 Å². The Morgan fingerprint density at radius 2 is 1.84 bits per heavy atom. The molecule has 0 bridgehead atoms. The molecule has 160 valence electrons. The monoisotopic (exact) mass is 434 g/mol. The molecule has 32 heavy (non-hydrogen) atoms. The highest BCUT2D eigenvalue weighted by molar-refractivity contribution is 5.89. The lowest BCUT2D eigenvalue weighted by Gasteiger charge is -2.16. The number of carbonyl (C=O) groups excluding carboxylic acids is 1. The number of amides is 2. The number of fused-ring (bicyclic) bond motifs is 3. The minimum Gasteiger partial charge on any atom is -0.490 e. The molecule has 2 N–H and O–H groups in total. The van der Waals surface area contributed by atoms with Crippen LogP contribution in [0.4, 0.5) is 19.4 Å². The lowest BCUT2D eigenvalue weighted by atomic mass is 10.0. The van der Waals surface area contributed by atoms with Crippen LogP contribution in [0.5, 0.6) is 17.2 Å². The lowest BCUT2D eigenvalue weighted by Crippen LogP contribution is -2.32. The summed E-state index contributed by atoms with van der Waals surface area (Å²) in [5.41, 5.74) is 0.702. The maximum Gasteiger partial charge on any atom is 0.320 e. The molecule has 2 aromatic carbocycles. The quantitative estimate of drug-likeness (QED) is 0.638. The van der Waals surface area contributed by atoms with Gasteiger partial charge >= 0.3 is 6.03 Å². The average Bonchev–Trinajstić information content (AvgIpc) is 3.50. The number of urea groups is 1. The molecule has 2 aliphatic rings. The van der Waals surface area contributed by atoms with Crippen molar-refractivity contribution in [2.75, 3.05) is 11.9 Å². The van der Waals surface area contributed by atoms with E-state index < -0.39 is 17.7 Å². The van der Waals surface area contributed by atoms with Gasteiger partial charge in [0.1, 0.15) is 23.1 Å². The molecule has 0 radical (unpaired) electrons. The van der Waals surface area contributed by atoms with E-state index in [1.807, 2.05) is 6.07 Å². The molecule has 3 unspecified atom stereocenters. The van der Waals surface area contributed by atoms with Crippen molar-refractivity contribution >= 4 is 11.8 Å². The topological polar surface area (TPSA) is 96.3 Å². The number of halogens is 2. The van der Waals surface area contributed by atoms with Crippen molar-refractivity contribution in [3.63, 3.8) is 0 Å². The molecule has 1 aliphatic heterocycles. The predicted octanol–water partition coefficient (Wildman–Crippen LogP) is 4.32. The molecule has 3 atom stereocenters. The molecule has 0 spiro atoms.